The third-order valence-corrected chi connectivity index (χ3v) is 23.4. The Labute approximate surface area is 478 Å². The zero-order chi connectivity index (χ0) is 54.7. The van der Waals surface area contributed by atoms with Crippen molar-refractivity contribution in [2.45, 2.75) is 134 Å². The van der Waals surface area contributed by atoms with Gasteiger partial charge in [0.15, 0.2) is 0 Å². The van der Waals surface area contributed by atoms with Gasteiger partial charge in [-0.2, -0.15) is 0 Å². The molecule has 17 rings (SSSR count). The first-order chi connectivity index (χ1) is 39.3. The molecule has 0 radical (unpaired) electrons. The second kappa shape index (κ2) is 16.2. The number of benzene rings is 11. The van der Waals surface area contributed by atoms with Gasteiger partial charge in [0.1, 0.15) is 0 Å². The quantitative estimate of drug-likeness (QED) is 0.162. The minimum atomic E-state index is -0.581. The summed E-state index contributed by atoms with van der Waals surface area (Å²) < 4.78 is 0. The maximum atomic E-state index is 2.76. The number of fused-ring (bicyclic) bond motifs is 17. The van der Waals surface area contributed by atoms with Crippen LogP contribution in [0.25, 0.3) is 76.8 Å². The van der Waals surface area contributed by atoms with Crippen LogP contribution in [-0.4, -0.2) is 11.1 Å². The molecule has 4 unspecified atom stereocenters. The smallest absolute Gasteiger partial charge is 0.0726 e. The zero-order valence-electron chi connectivity index (χ0n) is 48.4. The zero-order valence-corrected chi connectivity index (χ0v) is 48.4. The second-order valence-corrected chi connectivity index (χ2v) is 26.6. The fourth-order valence-electron chi connectivity index (χ4n) is 18.7. The third-order valence-electron chi connectivity index (χ3n) is 23.4. The SMILES string of the molecule is Cc1c(-c2ccc3c(c2)C2(c4cc(-c5cc6c(c(C)c5C)N(c5ccccc5)C5(C)CCCCC65C)ccc4-3)c3ccccc3-c3c2cc2ccc4cccc5ccc3c2c45)cc2c(c1C)N(c1ccccc1)C1(C)CCCCC21C. The molecule has 81 heavy (non-hydrogen) atoms. The van der Waals surface area contributed by atoms with Crippen molar-refractivity contribution in [3.63, 3.8) is 0 Å². The number of rotatable bonds is 4. The minimum Gasteiger partial charge on any atom is -0.334 e. The van der Waals surface area contributed by atoms with Crippen LogP contribution in [0.4, 0.5) is 22.7 Å². The molecule has 2 heterocycles. The Morgan fingerprint density at radius 1 is 0.333 bits per heavy atom. The molecular formula is C79H70N2. The minimum absolute atomic E-state index is 0.00153. The fourth-order valence-corrected chi connectivity index (χ4v) is 18.7. The first-order valence-electron chi connectivity index (χ1n) is 30.4. The monoisotopic (exact) mass is 1050 g/mol. The summed E-state index contributed by atoms with van der Waals surface area (Å²) in [6.07, 6.45) is 9.77. The van der Waals surface area contributed by atoms with Crippen molar-refractivity contribution in [3.05, 3.63) is 238 Å². The molecule has 0 amide bonds. The molecular weight excluding hydrogens is 977 g/mol. The Balaban J connectivity index is 0.930. The average molecular weight is 1050 g/mol. The van der Waals surface area contributed by atoms with Crippen LogP contribution in [0.1, 0.15) is 135 Å². The number of nitrogens with zero attached hydrogens (tertiary/aromatic N) is 2. The molecule has 0 saturated heterocycles. The topological polar surface area (TPSA) is 6.48 Å². The molecule has 0 N–H and O–H groups in total. The van der Waals surface area contributed by atoms with Gasteiger partial charge in [0.2, 0.25) is 0 Å². The summed E-state index contributed by atoms with van der Waals surface area (Å²) in [5.74, 6) is 0. The highest BCUT2D eigenvalue weighted by molar-refractivity contribution is 6.27. The summed E-state index contributed by atoms with van der Waals surface area (Å²) in [6, 6.07) is 71.8. The van der Waals surface area contributed by atoms with Crippen molar-refractivity contribution in [1.82, 2.24) is 0 Å². The Kier molecular flexibility index (Phi) is 9.54. The molecule has 396 valence electrons. The predicted octanol–water partition coefficient (Wildman–Crippen LogP) is 21.0. The van der Waals surface area contributed by atoms with Gasteiger partial charge in [-0.15, -0.1) is 0 Å². The summed E-state index contributed by atoms with van der Waals surface area (Å²) >= 11 is 0. The molecule has 2 nitrogen and oxygen atoms in total. The number of anilines is 4. The van der Waals surface area contributed by atoms with Crippen LogP contribution >= 0.6 is 0 Å². The van der Waals surface area contributed by atoms with E-state index in [-0.39, 0.29) is 21.9 Å². The van der Waals surface area contributed by atoms with Gasteiger partial charge < -0.3 is 9.80 Å². The van der Waals surface area contributed by atoms with Crippen molar-refractivity contribution in [1.29, 1.82) is 0 Å². The van der Waals surface area contributed by atoms with E-state index in [2.05, 4.69) is 247 Å². The van der Waals surface area contributed by atoms with Crippen LogP contribution in [0, 0.1) is 27.7 Å². The summed E-state index contributed by atoms with van der Waals surface area (Å²) in [6.45, 7) is 20.0. The van der Waals surface area contributed by atoms with Crippen molar-refractivity contribution >= 4 is 55.1 Å². The molecule has 1 spiro atoms. The number of para-hydroxylation sites is 2. The van der Waals surface area contributed by atoms with E-state index in [4.69, 9.17) is 0 Å². The van der Waals surface area contributed by atoms with Crippen LogP contribution in [-0.2, 0) is 16.2 Å². The van der Waals surface area contributed by atoms with Crippen molar-refractivity contribution in [3.8, 4) is 44.5 Å². The van der Waals surface area contributed by atoms with E-state index in [0.717, 1.165) is 0 Å². The summed E-state index contributed by atoms with van der Waals surface area (Å²) in [5, 5.41) is 8.04. The maximum Gasteiger partial charge on any atom is 0.0726 e. The van der Waals surface area contributed by atoms with Gasteiger partial charge >= 0.3 is 0 Å². The molecule has 6 aliphatic rings. The highest BCUT2D eigenvalue weighted by atomic mass is 15.3. The summed E-state index contributed by atoms with van der Waals surface area (Å²) in [7, 11) is 0. The molecule has 2 fully saturated rings. The van der Waals surface area contributed by atoms with E-state index in [1.807, 2.05) is 0 Å². The lowest BCUT2D eigenvalue weighted by Crippen LogP contribution is -2.54. The molecule has 4 atom stereocenters. The summed E-state index contributed by atoms with van der Waals surface area (Å²) in [5.41, 5.74) is 29.8. The Hall–Kier alpha value is -7.94. The first-order valence-corrected chi connectivity index (χ1v) is 30.4. The first kappa shape index (κ1) is 47.8. The Morgan fingerprint density at radius 2 is 0.815 bits per heavy atom. The average Bonchev–Trinajstić information content (AvgIpc) is 3.46. The highest BCUT2D eigenvalue weighted by Gasteiger charge is 2.60. The molecule has 4 aliphatic carbocycles. The fraction of sp³-hybridized carbons (Fsp3) is 0.266. The van der Waals surface area contributed by atoms with Gasteiger partial charge in [0.25, 0.3) is 0 Å². The van der Waals surface area contributed by atoms with Gasteiger partial charge in [-0.3, -0.25) is 0 Å². The van der Waals surface area contributed by atoms with E-state index in [1.54, 1.807) is 0 Å². The van der Waals surface area contributed by atoms with E-state index < -0.39 is 5.41 Å². The molecule has 0 bridgehead atoms. The highest BCUT2D eigenvalue weighted by Crippen LogP contribution is 2.68. The van der Waals surface area contributed by atoms with Gasteiger partial charge in [-0.1, -0.05) is 167 Å². The largest absolute Gasteiger partial charge is 0.334 e. The van der Waals surface area contributed by atoms with Gasteiger partial charge in [-0.25, -0.2) is 0 Å². The number of hydrogen-bond donors (Lipinski definition) is 0. The molecule has 11 aromatic carbocycles. The Morgan fingerprint density at radius 3 is 1.36 bits per heavy atom. The van der Waals surface area contributed by atoms with Crippen molar-refractivity contribution < 1.29 is 0 Å². The maximum absolute atomic E-state index is 2.76. The van der Waals surface area contributed by atoms with Gasteiger partial charge in [0.05, 0.1) is 16.5 Å². The van der Waals surface area contributed by atoms with Gasteiger partial charge in [0, 0.05) is 33.6 Å². The lowest BCUT2D eigenvalue weighted by atomic mass is 9.61. The van der Waals surface area contributed by atoms with Crippen molar-refractivity contribution in [2.75, 3.05) is 9.80 Å². The van der Waals surface area contributed by atoms with E-state index in [1.165, 1.54) is 207 Å². The third kappa shape index (κ3) is 5.70. The van der Waals surface area contributed by atoms with E-state index in [0.29, 0.717) is 0 Å². The summed E-state index contributed by atoms with van der Waals surface area (Å²) in [4.78, 5) is 5.53. The normalized spacial score (nSPS) is 24.6. The van der Waals surface area contributed by atoms with Gasteiger partial charge in [-0.05, 0) is 254 Å². The Bertz CT molecular complexity index is 4340. The lowest BCUT2D eigenvalue weighted by Gasteiger charge is -2.50. The molecule has 0 aromatic heterocycles. The standard InChI is InChI=1S/C79H70N2/c1-47-49(3)73-68(75(5)38-17-19-40-77(75,7)80(73)56-24-11-9-12-25-56)45-62(47)53-33-35-58-59-36-34-54(63-46-69-74(50(4)48(63)2)81(57-26-13-10-14-27-57)78(8)41-20-18-39-76(69,78)6)43-66(59)79(65(58)42-53)64-29-16-15-28-60(64)72-61-37-32-52-23-21-22-51-30-31-55(44-67(72)79)71(61)70(51)52/h9-16,21-37,42-46H,17-20,38-41H2,1-8H3. The molecule has 2 heteroatoms. The molecule has 11 aromatic rings. The van der Waals surface area contributed by atoms with E-state index in [9.17, 15) is 0 Å². The van der Waals surface area contributed by atoms with Crippen LogP contribution in [0.3, 0.4) is 0 Å². The lowest BCUT2D eigenvalue weighted by molar-refractivity contribution is 0.195. The van der Waals surface area contributed by atoms with Crippen LogP contribution < -0.4 is 9.80 Å². The van der Waals surface area contributed by atoms with Crippen molar-refractivity contribution in [2.24, 2.45) is 0 Å². The van der Waals surface area contributed by atoms with Crippen LogP contribution in [0.2, 0.25) is 0 Å². The number of hydrogen-bond acceptors (Lipinski definition) is 2. The molecule has 2 aliphatic heterocycles. The van der Waals surface area contributed by atoms with Crippen LogP contribution in [0.15, 0.2) is 182 Å². The van der Waals surface area contributed by atoms with E-state index >= 15 is 0 Å². The molecule has 2 saturated carbocycles. The second-order valence-electron chi connectivity index (χ2n) is 26.6. The van der Waals surface area contributed by atoms with Crippen LogP contribution in [0.5, 0.6) is 0 Å². The predicted molar refractivity (Wildman–Crippen MR) is 342 cm³/mol.